The molecule has 0 aliphatic rings. The quantitative estimate of drug-likeness (QED) is 0.186. The summed E-state index contributed by atoms with van der Waals surface area (Å²) in [6, 6.07) is 38.3. The van der Waals surface area contributed by atoms with E-state index in [2.05, 4.69) is 39.8 Å². The predicted octanol–water partition coefficient (Wildman–Crippen LogP) is 7.44. The van der Waals surface area contributed by atoms with Crippen molar-refractivity contribution in [1.29, 1.82) is 0 Å². The highest BCUT2D eigenvalue weighted by atomic mass is 32.2. The number of para-hydroxylation sites is 2. The van der Waals surface area contributed by atoms with E-state index in [9.17, 15) is 4.79 Å². The van der Waals surface area contributed by atoms with E-state index in [-0.39, 0.29) is 11.7 Å². The van der Waals surface area contributed by atoms with Gasteiger partial charge >= 0.3 is 0 Å². The van der Waals surface area contributed by atoms with Gasteiger partial charge in [-0.15, -0.1) is 22.0 Å². The number of hydrogen-bond acceptors (Lipinski definition) is 6. The lowest BCUT2D eigenvalue weighted by Crippen LogP contribution is -2.15. The van der Waals surface area contributed by atoms with Crippen LogP contribution in [0.3, 0.4) is 0 Å². The minimum absolute atomic E-state index is 0.0890. The first kappa shape index (κ1) is 25.2. The fourth-order valence-corrected chi connectivity index (χ4v) is 6.10. The predicted molar refractivity (Wildman–Crippen MR) is 154 cm³/mol. The molecule has 0 aliphatic heterocycles. The molecule has 0 atom stereocenters. The SMILES string of the molecule is O=C(CSc1nnc(CSc2ccccc2)n1-c1ccccc1)Nc1ccccc1Sc1ccccc1. The van der Waals surface area contributed by atoms with Gasteiger partial charge in [-0.2, -0.15) is 0 Å². The first-order valence-electron chi connectivity index (χ1n) is 11.7. The summed E-state index contributed by atoms with van der Waals surface area (Å²) in [7, 11) is 0. The van der Waals surface area contributed by atoms with Gasteiger partial charge in [0.05, 0.1) is 17.2 Å². The molecule has 0 radical (unpaired) electrons. The second kappa shape index (κ2) is 12.7. The largest absolute Gasteiger partial charge is 0.324 e. The standard InChI is InChI=1S/C29H24N4OS3/c34-28(30-25-18-10-11-19-26(25)37-24-16-8-3-9-17-24)21-36-29-32-31-27(20-35-23-14-6-2-7-15-23)33(29)22-12-4-1-5-13-22/h1-19H,20-21H2,(H,30,34). The lowest BCUT2D eigenvalue weighted by molar-refractivity contribution is -0.113. The molecule has 1 N–H and O–H groups in total. The molecule has 5 rings (SSSR count). The number of aromatic nitrogens is 3. The van der Waals surface area contributed by atoms with Crippen molar-refractivity contribution in [3.8, 4) is 5.69 Å². The smallest absolute Gasteiger partial charge is 0.234 e. The molecule has 5 nitrogen and oxygen atoms in total. The van der Waals surface area contributed by atoms with Crippen molar-refractivity contribution in [3.63, 3.8) is 0 Å². The Balaban J connectivity index is 1.28. The van der Waals surface area contributed by atoms with Gasteiger partial charge in [0.15, 0.2) is 5.16 Å². The Labute approximate surface area is 229 Å². The van der Waals surface area contributed by atoms with E-state index in [4.69, 9.17) is 0 Å². The van der Waals surface area contributed by atoms with Crippen molar-refractivity contribution in [2.24, 2.45) is 0 Å². The van der Waals surface area contributed by atoms with Gasteiger partial charge < -0.3 is 5.32 Å². The molecule has 0 bridgehead atoms. The summed E-state index contributed by atoms with van der Waals surface area (Å²) in [5.41, 5.74) is 1.77. The molecule has 37 heavy (non-hydrogen) atoms. The van der Waals surface area contributed by atoms with E-state index >= 15 is 0 Å². The van der Waals surface area contributed by atoms with Gasteiger partial charge in [0, 0.05) is 20.4 Å². The van der Waals surface area contributed by atoms with Crippen molar-refractivity contribution in [1.82, 2.24) is 14.8 Å². The van der Waals surface area contributed by atoms with Crippen LogP contribution in [-0.2, 0) is 10.5 Å². The van der Waals surface area contributed by atoms with Crippen LogP contribution in [0, 0.1) is 0 Å². The monoisotopic (exact) mass is 540 g/mol. The summed E-state index contributed by atoms with van der Waals surface area (Å²) in [6.45, 7) is 0. The van der Waals surface area contributed by atoms with Crippen LogP contribution < -0.4 is 5.32 Å². The number of thioether (sulfide) groups is 2. The maximum atomic E-state index is 13.0. The third-order valence-corrected chi connectivity index (χ3v) is 8.31. The molecule has 0 fully saturated rings. The van der Waals surface area contributed by atoms with Crippen LogP contribution in [0.25, 0.3) is 5.69 Å². The molecule has 1 aromatic heterocycles. The number of nitrogens with zero attached hydrogens (tertiary/aromatic N) is 3. The molecule has 0 spiro atoms. The second-order valence-electron chi connectivity index (χ2n) is 7.92. The zero-order valence-electron chi connectivity index (χ0n) is 19.9. The fraction of sp³-hybridized carbons (Fsp3) is 0.0690. The molecule has 0 aliphatic carbocycles. The highest BCUT2D eigenvalue weighted by Crippen LogP contribution is 2.33. The third kappa shape index (κ3) is 6.85. The summed E-state index contributed by atoms with van der Waals surface area (Å²) in [5.74, 6) is 1.64. The number of rotatable bonds is 10. The third-order valence-electron chi connectivity index (χ3n) is 5.29. The molecular weight excluding hydrogens is 517 g/mol. The number of amides is 1. The van der Waals surface area contributed by atoms with E-state index < -0.39 is 0 Å². The maximum Gasteiger partial charge on any atom is 0.234 e. The van der Waals surface area contributed by atoms with Gasteiger partial charge in [-0.1, -0.05) is 90.3 Å². The summed E-state index contributed by atoms with van der Waals surface area (Å²) in [6.07, 6.45) is 0. The van der Waals surface area contributed by atoms with Gasteiger partial charge in [0.1, 0.15) is 5.82 Å². The summed E-state index contributed by atoms with van der Waals surface area (Å²) >= 11 is 4.72. The van der Waals surface area contributed by atoms with Crippen molar-refractivity contribution < 1.29 is 4.79 Å². The highest BCUT2D eigenvalue weighted by molar-refractivity contribution is 8.00. The van der Waals surface area contributed by atoms with Crippen LogP contribution >= 0.6 is 35.3 Å². The van der Waals surface area contributed by atoms with Crippen LogP contribution in [0.5, 0.6) is 0 Å². The highest BCUT2D eigenvalue weighted by Gasteiger charge is 2.17. The molecule has 1 heterocycles. The number of hydrogen-bond donors (Lipinski definition) is 1. The van der Waals surface area contributed by atoms with E-state index in [0.29, 0.717) is 10.9 Å². The topological polar surface area (TPSA) is 59.8 Å². The number of anilines is 1. The first-order chi connectivity index (χ1) is 18.3. The van der Waals surface area contributed by atoms with Crippen LogP contribution in [0.1, 0.15) is 5.82 Å². The van der Waals surface area contributed by atoms with E-state index in [1.54, 1.807) is 23.5 Å². The molecular formula is C29H24N4OS3. The van der Waals surface area contributed by atoms with Crippen molar-refractivity contribution >= 4 is 46.9 Å². The number of carbonyl (C=O) groups is 1. The Bertz CT molecular complexity index is 1440. The maximum absolute atomic E-state index is 13.0. The van der Waals surface area contributed by atoms with E-state index in [1.165, 1.54) is 16.7 Å². The Morgan fingerprint density at radius 1 is 0.703 bits per heavy atom. The Hall–Kier alpha value is -3.46. The molecule has 0 saturated heterocycles. The van der Waals surface area contributed by atoms with Gasteiger partial charge in [0.2, 0.25) is 5.91 Å². The van der Waals surface area contributed by atoms with Crippen molar-refractivity contribution in [3.05, 3.63) is 121 Å². The second-order valence-corrected chi connectivity index (χ2v) is 11.0. The Morgan fingerprint density at radius 3 is 2.05 bits per heavy atom. The van der Waals surface area contributed by atoms with E-state index in [1.807, 2.05) is 95.6 Å². The minimum atomic E-state index is -0.0890. The molecule has 4 aromatic carbocycles. The zero-order valence-corrected chi connectivity index (χ0v) is 22.3. The summed E-state index contributed by atoms with van der Waals surface area (Å²) < 4.78 is 2.03. The lowest BCUT2D eigenvalue weighted by atomic mass is 10.3. The molecule has 5 aromatic rings. The first-order valence-corrected chi connectivity index (χ1v) is 14.5. The van der Waals surface area contributed by atoms with E-state index in [0.717, 1.165) is 27.0 Å². The van der Waals surface area contributed by atoms with Gasteiger partial charge in [-0.05, 0) is 48.5 Å². The number of carbonyl (C=O) groups excluding carboxylic acids is 1. The number of benzene rings is 4. The normalized spacial score (nSPS) is 10.8. The van der Waals surface area contributed by atoms with Crippen LogP contribution in [-0.4, -0.2) is 26.4 Å². The van der Waals surface area contributed by atoms with Crippen molar-refractivity contribution in [2.45, 2.75) is 25.6 Å². The average Bonchev–Trinajstić information content (AvgIpc) is 3.36. The van der Waals surface area contributed by atoms with Crippen molar-refractivity contribution in [2.75, 3.05) is 11.1 Å². The molecule has 0 unspecified atom stereocenters. The van der Waals surface area contributed by atoms with Gasteiger partial charge in [-0.3, -0.25) is 9.36 Å². The van der Waals surface area contributed by atoms with Gasteiger partial charge in [0.25, 0.3) is 0 Å². The molecule has 0 saturated carbocycles. The minimum Gasteiger partial charge on any atom is -0.324 e. The summed E-state index contributed by atoms with van der Waals surface area (Å²) in [5, 5.41) is 12.7. The Kier molecular flexibility index (Phi) is 8.63. The molecule has 184 valence electrons. The zero-order chi connectivity index (χ0) is 25.3. The Morgan fingerprint density at radius 2 is 1.32 bits per heavy atom. The fourth-order valence-electron chi connectivity index (χ4n) is 3.58. The van der Waals surface area contributed by atoms with Gasteiger partial charge in [-0.25, -0.2) is 0 Å². The van der Waals surface area contributed by atoms with Crippen LogP contribution in [0.15, 0.2) is 135 Å². The molecule has 1 amide bonds. The van der Waals surface area contributed by atoms with Crippen LogP contribution in [0.2, 0.25) is 0 Å². The average molecular weight is 541 g/mol. The van der Waals surface area contributed by atoms with Crippen LogP contribution in [0.4, 0.5) is 5.69 Å². The summed E-state index contributed by atoms with van der Waals surface area (Å²) in [4.78, 5) is 16.2. The molecule has 8 heteroatoms. The number of nitrogens with one attached hydrogen (secondary N) is 1. The lowest BCUT2D eigenvalue weighted by Gasteiger charge is -2.12.